The molecule has 23 heavy (non-hydrogen) atoms. The maximum absolute atomic E-state index is 12.6. The van der Waals surface area contributed by atoms with Gasteiger partial charge >= 0.3 is 0 Å². The maximum Gasteiger partial charge on any atom is 0.256 e. The van der Waals surface area contributed by atoms with Crippen molar-refractivity contribution in [3.63, 3.8) is 0 Å². The largest absolute Gasteiger partial charge is 0.372 e. The molecule has 0 saturated heterocycles. The van der Waals surface area contributed by atoms with E-state index < -0.39 is 24.0 Å². The minimum atomic E-state index is -0.856. The Labute approximate surface area is 144 Å². The number of ether oxygens (including phenoxy) is 1. The smallest absolute Gasteiger partial charge is 0.256 e. The lowest BCUT2D eigenvalue weighted by Crippen LogP contribution is -2.51. The number of amides is 2. The number of carbonyl (C=O) groups excluding carboxylic acids is 2. The van der Waals surface area contributed by atoms with Crippen molar-refractivity contribution in [2.75, 3.05) is 18.6 Å². The van der Waals surface area contributed by atoms with Gasteiger partial charge in [0.1, 0.15) is 18.7 Å². The molecule has 1 N–H and O–H groups in total. The van der Waals surface area contributed by atoms with Gasteiger partial charge < -0.3 is 10.1 Å². The third-order valence-corrected chi connectivity index (χ3v) is 3.97. The SMILES string of the molecule is COC(C)C(=O)N(c1ccc(Cl)c(Cl)c1)C(C)C(=O)NCC#N. The number of anilines is 1. The van der Waals surface area contributed by atoms with Crippen LogP contribution in [0.15, 0.2) is 18.2 Å². The molecule has 0 bridgehead atoms. The fourth-order valence-corrected chi connectivity index (χ4v) is 2.16. The number of hydrogen-bond donors (Lipinski definition) is 1. The summed E-state index contributed by atoms with van der Waals surface area (Å²) in [5.74, 6) is -0.875. The number of nitrogens with zero attached hydrogens (tertiary/aromatic N) is 2. The first-order chi connectivity index (χ1) is 10.8. The molecule has 0 aromatic heterocycles. The van der Waals surface area contributed by atoms with E-state index in [1.807, 2.05) is 6.07 Å². The molecule has 6 nitrogen and oxygen atoms in total. The van der Waals surface area contributed by atoms with Gasteiger partial charge in [0.25, 0.3) is 5.91 Å². The molecule has 0 radical (unpaired) electrons. The molecule has 0 fully saturated rings. The highest BCUT2D eigenvalue weighted by atomic mass is 35.5. The normalized spacial score (nSPS) is 12.9. The third kappa shape index (κ3) is 4.83. The summed E-state index contributed by atoms with van der Waals surface area (Å²) in [6, 6.07) is 5.58. The standard InChI is InChI=1S/C15H17Cl2N3O3/c1-9(14(21)19-7-6-18)20(15(22)10(2)23-3)11-4-5-12(16)13(17)8-11/h4-5,8-10H,7H2,1-3H3,(H,19,21). The van der Waals surface area contributed by atoms with E-state index >= 15 is 0 Å². The second-order valence-corrected chi connectivity index (χ2v) is 5.55. The fourth-order valence-electron chi connectivity index (χ4n) is 1.86. The van der Waals surface area contributed by atoms with Crippen molar-refractivity contribution in [3.05, 3.63) is 28.2 Å². The van der Waals surface area contributed by atoms with Gasteiger partial charge in [-0.05, 0) is 32.0 Å². The molecule has 0 aliphatic carbocycles. The lowest BCUT2D eigenvalue weighted by molar-refractivity contribution is -0.131. The van der Waals surface area contributed by atoms with Crippen molar-refractivity contribution in [1.82, 2.24) is 5.32 Å². The van der Waals surface area contributed by atoms with Crippen LogP contribution in [0.4, 0.5) is 5.69 Å². The molecule has 2 atom stereocenters. The van der Waals surface area contributed by atoms with Crippen LogP contribution in [0.1, 0.15) is 13.8 Å². The van der Waals surface area contributed by atoms with E-state index in [1.54, 1.807) is 19.9 Å². The highest BCUT2D eigenvalue weighted by molar-refractivity contribution is 6.42. The number of hydrogen-bond acceptors (Lipinski definition) is 4. The van der Waals surface area contributed by atoms with Gasteiger partial charge in [-0.2, -0.15) is 5.26 Å². The van der Waals surface area contributed by atoms with Crippen LogP contribution in [0.2, 0.25) is 10.0 Å². The van der Waals surface area contributed by atoms with Crippen molar-refractivity contribution in [1.29, 1.82) is 5.26 Å². The highest BCUT2D eigenvalue weighted by Crippen LogP contribution is 2.29. The van der Waals surface area contributed by atoms with E-state index in [9.17, 15) is 9.59 Å². The van der Waals surface area contributed by atoms with E-state index in [-0.39, 0.29) is 11.6 Å². The summed E-state index contributed by atoms with van der Waals surface area (Å²) in [6.07, 6.45) is -0.754. The van der Waals surface area contributed by atoms with Gasteiger partial charge in [0, 0.05) is 12.8 Å². The summed E-state index contributed by atoms with van der Waals surface area (Å²) in [6.45, 7) is 2.98. The summed E-state index contributed by atoms with van der Waals surface area (Å²) in [4.78, 5) is 26.0. The summed E-state index contributed by atoms with van der Waals surface area (Å²) in [7, 11) is 1.40. The lowest BCUT2D eigenvalue weighted by atomic mass is 10.1. The Morgan fingerprint density at radius 2 is 2.00 bits per heavy atom. The Balaban J connectivity index is 3.21. The van der Waals surface area contributed by atoms with E-state index in [0.717, 1.165) is 0 Å². The van der Waals surface area contributed by atoms with Crippen LogP contribution >= 0.6 is 23.2 Å². The molecule has 1 rings (SSSR count). The Hall–Kier alpha value is -1.81. The van der Waals surface area contributed by atoms with Crippen molar-refractivity contribution in [2.45, 2.75) is 26.0 Å². The van der Waals surface area contributed by atoms with Crippen LogP contribution in [-0.2, 0) is 14.3 Å². The van der Waals surface area contributed by atoms with Gasteiger partial charge in [0.2, 0.25) is 5.91 Å². The van der Waals surface area contributed by atoms with Crippen LogP contribution in [0, 0.1) is 11.3 Å². The van der Waals surface area contributed by atoms with Crippen molar-refractivity contribution >= 4 is 40.7 Å². The molecule has 2 amide bonds. The number of rotatable bonds is 6. The van der Waals surface area contributed by atoms with Crippen LogP contribution < -0.4 is 10.2 Å². The molecule has 124 valence electrons. The number of nitriles is 1. The second kappa shape index (κ2) is 8.73. The van der Waals surface area contributed by atoms with E-state index in [4.69, 9.17) is 33.2 Å². The summed E-state index contributed by atoms with van der Waals surface area (Å²) >= 11 is 11.9. The van der Waals surface area contributed by atoms with E-state index in [1.165, 1.54) is 24.1 Å². The van der Waals surface area contributed by atoms with E-state index in [2.05, 4.69) is 5.32 Å². The van der Waals surface area contributed by atoms with Gasteiger partial charge in [-0.1, -0.05) is 23.2 Å². The minimum Gasteiger partial charge on any atom is -0.372 e. The molecule has 1 aromatic carbocycles. The molecule has 0 saturated carbocycles. The van der Waals surface area contributed by atoms with E-state index in [0.29, 0.717) is 10.7 Å². The Morgan fingerprint density at radius 3 is 2.52 bits per heavy atom. The number of halogens is 2. The zero-order valence-electron chi connectivity index (χ0n) is 13.0. The van der Waals surface area contributed by atoms with Crippen molar-refractivity contribution < 1.29 is 14.3 Å². The second-order valence-electron chi connectivity index (χ2n) is 4.74. The highest BCUT2D eigenvalue weighted by Gasteiger charge is 2.30. The molecule has 0 spiro atoms. The minimum absolute atomic E-state index is 0.146. The Kier molecular flexibility index (Phi) is 7.30. The predicted molar refractivity (Wildman–Crippen MR) is 88.5 cm³/mol. The summed E-state index contributed by atoms with van der Waals surface area (Å²) in [5.41, 5.74) is 0.410. The fraction of sp³-hybridized carbons (Fsp3) is 0.400. The molecule has 8 heteroatoms. The number of methoxy groups -OCH3 is 1. The quantitative estimate of drug-likeness (QED) is 0.792. The number of carbonyl (C=O) groups is 2. The van der Waals surface area contributed by atoms with Crippen molar-refractivity contribution in [2.24, 2.45) is 0 Å². The zero-order chi connectivity index (χ0) is 17.6. The van der Waals surface area contributed by atoms with Crippen LogP contribution in [0.25, 0.3) is 0 Å². The molecule has 2 unspecified atom stereocenters. The van der Waals surface area contributed by atoms with Crippen LogP contribution in [0.5, 0.6) is 0 Å². The van der Waals surface area contributed by atoms with Crippen LogP contribution in [-0.4, -0.2) is 37.6 Å². The Morgan fingerprint density at radius 1 is 1.35 bits per heavy atom. The summed E-state index contributed by atoms with van der Waals surface area (Å²) in [5, 5.41) is 11.6. The van der Waals surface area contributed by atoms with Gasteiger partial charge in [-0.15, -0.1) is 0 Å². The zero-order valence-corrected chi connectivity index (χ0v) is 14.5. The molecular weight excluding hydrogens is 341 g/mol. The predicted octanol–water partition coefficient (Wildman–Crippen LogP) is 2.39. The van der Waals surface area contributed by atoms with Gasteiger partial charge in [0.15, 0.2) is 0 Å². The Bertz CT molecular complexity index is 631. The first kappa shape index (κ1) is 19.2. The van der Waals surface area contributed by atoms with Crippen molar-refractivity contribution in [3.8, 4) is 6.07 Å². The lowest BCUT2D eigenvalue weighted by Gasteiger charge is -2.30. The molecule has 0 aliphatic heterocycles. The van der Waals surface area contributed by atoms with Gasteiger partial charge in [-0.25, -0.2) is 0 Å². The van der Waals surface area contributed by atoms with Crippen LogP contribution in [0.3, 0.4) is 0 Å². The molecule has 1 aromatic rings. The molecule has 0 heterocycles. The number of nitrogens with one attached hydrogen (secondary N) is 1. The molecular formula is C15H17Cl2N3O3. The monoisotopic (exact) mass is 357 g/mol. The molecule has 0 aliphatic rings. The first-order valence-corrected chi connectivity index (χ1v) is 7.54. The average molecular weight is 358 g/mol. The topological polar surface area (TPSA) is 82.4 Å². The third-order valence-electron chi connectivity index (χ3n) is 3.23. The first-order valence-electron chi connectivity index (χ1n) is 6.79. The number of benzene rings is 1. The average Bonchev–Trinajstić information content (AvgIpc) is 2.54. The van der Waals surface area contributed by atoms with Gasteiger partial charge in [-0.3, -0.25) is 14.5 Å². The maximum atomic E-state index is 12.6. The summed E-state index contributed by atoms with van der Waals surface area (Å²) < 4.78 is 5.05. The van der Waals surface area contributed by atoms with Gasteiger partial charge in [0.05, 0.1) is 16.1 Å².